The van der Waals surface area contributed by atoms with Crippen LogP contribution < -0.4 is 5.32 Å². The van der Waals surface area contributed by atoms with E-state index in [2.05, 4.69) is 38.2 Å². The first-order valence-corrected chi connectivity index (χ1v) is 26.4. The molecule has 0 saturated carbocycles. The van der Waals surface area contributed by atoms with Crippen LogP contribution in [0, 0.1) is 0 Å². The summed E-state index contributed by atoms with van der Waals surface area (Å²) in [5.41, 5.74) is 0. The summed E-state index contributed by atoms with van der Waals surface area (Å²) in [5.74, 6) is -0.475. The van der Waals surface area contributed by atoms with Gasteiger partial charge in [-0.25, -0.2) is 0 Å². The van der Waals surface area contributed by atoms with Gasteiger partial charge in [0.1, 0.15) is 6.10 Å². The molecule has 59 heavy (non-hydrogen) atoms. The van der Waals surface area contributed by atoms with Crippen LogP contribution in [-0.2, 0) is 14.3 Å². The van der Waals surface area contributed by atoms with Gasteiger partial charge >= 0.3 is 5.97 Å². The molecule has 0 spiro atoms. The van der Waals surface area contributed by atoms with Gasteiger partial charge in [-0.15, -0.1) is 0 Å². The molecule has 0 saturated heterocycles. The maximum absolute atomic E-state index is 13.2. The molecular weight excluding hydrogens is 731 g/mol. The molecule has 0 heterocycles. The Morgan fingerprint density at radius 1 is 0.475 bits per heavy atom. The Balaban J connectivity index is 4.54. The second kappa shape index (κ2) is 47.6. The van der Waals surface area contributed by atoms with Crippen molar-refractivity contribution in [1.82, 2.24) is 5.32 Å². The van der Waals surface area contributed by atoms with Gasteiger partial charge in [0.15, 0.2) is 0 Å². The first kappa shape index (κ1) is 57.6. The van der Waals surface area contributed by atoms with E-state index in [0.29, 0.717) is 19.3 Å². The summed E-state index contributed by atoms with van der Waals surface area (Å²) < 4.78 is 5.93. The highest BCUT2D eigenvalue weighted by molar-refractivity contribution is 5.77. The zero-order chi connectivity index (χ0) is 43.1. The molecule has 350 valence electrons. The minimum Gasteiger partial charge on any atom is -0.462 e. The third-order valence-corrected chi connectivity index (χ3v) is 12.3. The van der Waals surface area contributed by atoms with E-state index in [-0.39, 0.29) is 24.9 Å². The summed E-state index contributed by atoms with van der Waals surface area (Å²) in [6, 6.07) is -0.697. The highest BCUT2D eigenvalue weighted by Gasteiger charge is 2.24. The average Bonchev–Trinajstić information content (AvgIpc) is 3.23. The van der Waals surface area contributed by atoms with Crippen molar-refractivity contribution in [3.63, 3.8) is 0 Å². The average molecular weight is 834 g/mol. The van der Waals surface area contributed by atoms with E-state index in [0.717, 1.165) is 51.4 Å². The summed E-state index contributed by atoms with van der Waals surface area (Å²) in [7, 11) is 0. The molecule has 6 nitrogen and oxygen atoms in total. The van der Waals surface area contributed by atoms with Gasteiger partial charge < -0.3 is 20.3 Å². The predicted molar refractivity (Wildman–Crippen MR) is 255 cm³/mol. The Morgan fingerprint density at radius 3 is 1.20 bits per heavy atom. The fraction of sp³-hybridized carbons (Fsp3) is 0.925. The SMILES string of the molecule is CCCCCCCC/C=C\CCCCCC(=O)OC(CCCCCCCCCCCCCCCCCCC)CC(=O)NC(CO)C(O)CCCCCCCCCCCC. The fourth-order valence-corrected chi connectivity index (χ4v) is 8.31. The molecule has 0 bridgehead atoms. The van der Waals surface area contributed by atoms with Crippen LogP contribution in [0.15, 0.2) is 12.2 Å². The molecule has 3 unspecified atom stereocenters. The van der Waals surface area contributed by atoms with Crippen molar-refractivity contribution in [2.24, 2.45) is 0 Å². The molecule has 0 aliphatic heterocycles. The second-order valence-electron chi connectivity index (χ2n) is 18.3. The molecule has 0 aliphatic carbocycles. The van der Waals surface area contributed by atoms with Crippen LogP contribution in [0.2, 0.25) is 0 Å². The van der Waals surface area contributed by atoms with Gasteiger partial charge in [-0.1, -0.05) is 238 Å². The summed E-state index contributed by atoms with van der Waals surface area (Å²) in [6.07, 6.45) is 52.7. The lowest BCUT2D eigenvalue weighted by Crippen LogP contribution is -2.46. The molecule has 0 aromatic heterocycles. The van der Waals surface area contributed by atoms with E-state index in [1.54, 1.807) is 0 Å². The largest absolute Gasteiger partial charge is 0.462 e. The van der Waals surface area contributed by atoms with Gasteiger partial charge in [0.25, 0.3) is 0 Å². The third kappa shape index (κ3) is 43.1. The molecular formula is C53H103NO5. The van der Waals surface area contributed by atoms with Gasteiger partial charge in [0, 0.05) is 6.42 Å². The maximum atomic E-state index is 13.2. The molecule has 3 N–H and O–H groups in total. The summed E-state index contributed by atoms with van der Waals surface area (Å²) >= 11 is 0. The standard InChI is InChI=1S/C53H103NO5/c1-4-7-10-13-16-19-22-24-25-26-27-29-30-32-35-38-41-44-49(59-53(58)46-43-40-37-34-31-28-23-20-17-14-11-8-5-2)47-52(57)54-50(48-55)51(56)45-42-39-36-33-21-18-15-12-9-6-3/h28,31,49-51,55-56H,4-27,29-30,32-48H2,1-3H3,(H,54,57)/b31-28-. The van der Waals surface area contributed by atoms with Crippen molar-refractivity contribution in [2.45, 2.75) is 309 Å². The molecule has 3 atom stereocenters. The minimum absolute atomic E-state index is 0.0788. The van der Waals surface area contributed by atoms with Gasteiger partial charge in [-0.3, -0.25) is 9.59 Å². The number of hydrogen-bond donors (Lipinski definition) is 3. The first-order chi connectivity index (χ1) is 29.0. The number of esters is 1. The predicted octanol–water partition coefficient (Wildman–Crippen LogP) is 15.7. The van der Waals surface area contributed by atoms with Gasteiger partial charge in [-0.05, 0) is 51.4 Å². The van der Waals surface area contributed by atoms with Crippen LogP contribution in [0.5, 0.6) is 0 Å². The Bertz CT molecular complexity index is 893. The van der Waals surface area contributed by atoms with E-state index in [1.165, 1.54) is 193 Å². The number of rotatable bonds is 48. The van der Waals surface area contributed by atoms with Crippen LogP contribution >= 0.6 is 0 Å². The van der Waals surface area contributed by atoms with E-state index >= 15 is 0 Å². The zero-order valence-corrected chi connectivity index (χ0v) is 39.9. The highest BCUT2D eigenvalue weighted by Crippen LogP contribution is 2.18. The normalized spacial score (nSPS) is 13.2. The Morgan fingerprint density at radius 2 is 0.814 bits per heavy atom. The number of allylic oxidation sites excluding steroid dienone is 2. The number of aliphatic hydroxyl groups excluding tert-OH is 2. The zero-order valence-electron chi connectivity index (χ0n) is 39.9. The van der Waals surface area contributed by atoms with Gasteiger partial charge in [0.05, 0.1) is 25.2 Å². The smallest absolute Gasteiger partial charge is 0.306 e. The van der Waals surface area contributed by atoms with E-state index < -0.39 is 18.2 Å². The summed E-state index contributed by atoms with van der Waals surface area (Å²) in [4.78, 5) is 26.1. The fourth-order valence-electron chi connectivity index (χ4n) is 8.31. The van der Waals surface area contributed by atoms with E-state index in [1.807, 2.05) is 0 Å². The number of unbranched alkanes of at least 4 members (excludes halogenated alkanes) is 34. The number of amides is 1. The quantitative estimate of drug-likeness (QED) is 0.0322. The lowest BCUT2D eigenvalue weighted by atomic mass is 10.0. The maximum Gasteiger partial charge on any atom is 0.306 e. The monoisotopic (exact) mass is 834 g/mol. The van der Waals surface area contributed by atoms with Gasteiger partial charge in [-0.2, -0.15) is 0 Å². The molecule has 0 rings (SSSR count). The Kier molecular flexibility index (Phi) is 46.5. The number of aliphatic hydroxyl groups is 2. The van der Waals surface area contributed by atoms with E-state index in [9.17, 15) is 19.8 Å². The number of nitrogens with one attached hydrogen (secondary N) is 1. The first-order valence-electron chi connectivity index (χ1n) is 26.4. The lowest BCUT2D eigenvalue weighted by Gasteiger charge is -2.24. The van der Waals surface area contributed by atoms with Gasteiger partial charge in [0.2, 0.25) is 5.91 Å². The highest BCUT2D eigenvalue weighted by atomic mass is 16.5. The van der Waals surface area contributed by atoms with Crippen LogP contribution in [0.3, 0.4) is 0 Å². The van der Waals surface area contributed by atoms with Crippen LogP contribution in [0.4, 0.5) is 0 Å². The summed E-state index contributed by atoms with van der Waals surface area (Å²) in [6.45, 7) is 6.49. The van der Waals surface area contributed by atoms with Crippen molar-refractivity contribution in [3.05, 3.63) is 12.2 Å². The van der Waals surface area contributed by atoms with Crippen molar-refractivity contribution >= 4 is 11.9 Å². The summed E-state index contributed by atoms with van der Waals surface area (Å²) in [5, 5.41) is 23.7. The second-order valence-corrected chi connectivity index (χ2v) is 18.3. The van der Waals surface area contributed by atoms with Crippen LogP contribution in [0.25, 0.3) is 0 Å². The molecule has 0 aromatic rings. The van der Waals surface area contributed by atoms with Crippen molar-refractivity contribution in [2.75, 3.05) is 6.61 Å². The minimum atomic E-state index is -0.783. The Hall–Kier alpha value is -1.40. The molecule has 0 fully saturated rings. The van der Waals surface area contributed by atoms with Crippen molar-refractivity contribution in [1.29, 1.82) is 0 Å². The number of carbonyl (C=O) groups excluding carboxylic acids is 2. The lowest BCUT2D eigenvalue weighted by molar-refractivity contribution is -0.151. The van der Waals surface area contributed by atoms with E-state index in [4.69, 9.17) is 4.74 Å². The van der Waals surface area contributed by atoms with Crippen molar-refractivity contribution in [3.8, 4) is 0 Å². The number of carbonyl (C=O) groups is 2. The Labute approximate surface area is 368 Å². The van der Waals surface area contributed by atoms with Crippen LogP contribution in [-0.4, -0.2) is 46.9 Å². The topological polar surface area (TPSA) is 95.9 Å². The van der Waals surface area contributed by atoms with Crippen LogP contribution in [0.1, 0.15) is 290 Å². The van der Waals surface area contributed by atoms with Crippen molar-refractivity contribution < 1.29 is 24.5 Å². The molecule has 6 heteroatoms. The molecule has 0 aromatic carbocycles. The molecule has 0 aliphatic rings. The number of hydrogen-bond acceptors (Lipinski definition) is 5. The third-order valence-electron chi connectivity index (χ3n) is 12.3. The number of ether oxygens (including phenoxy) is 1. The molecule has 0 radical (unpaired) electrons. The molecule has 1 amide bonds.